The highest BCUT2D eigenvalue weighted by molar-refractivity contribution is 5.78. The van der Waals surface area contributed by atoms with Crippen molar-refractivity contribution in [1.29, 1.82) is 0 Å². The smallest absolute Gasteiger partial charge is 0.262 e. The fourth-order valence-electron chi connectivity index (χ4n) is 3.03. The Morgan fingerprint density at radius 1 is 0.964 bits per heavy atom. The third-order valence-corrected chi connectivity index (χ3v) is 4.38. The molecule has 2 heterocycles. The van der Waals surface area contributed by atoms with Gasteiger partial charge in [-0.15, -0.1) is 0 Å². The Labute approximate surface area is 160 Å². The van der Waals surface area contributed by atoms with E-state index >= 15 is 0 Å². The van der Waals surface area contributed by atoms with E-state index in [2.05, 4.69) is 15.1 Å². The van der Waals surface area contributed by atoms with Crippen molar-refractivity contribution in [2.45, 2.75) is 0 Å². The second-order valence-corrected chi connectivity index (χ2v) is 5.96. The van der Waals surface area contributed by atoms with Gasteiger partial charge >= 0.3 is 0 Å². The maximum atomic E-state index is 12.6. The van der Waals surface area contributed by atoms with E-state index < -0.39 is 0 Å². The first-order valence-electron chi connectivity index (χ1n) is 8.50. The van der Waals surface area contributed by atoms with E-state index in [1.807, 2.05) is 30.3 Å². The van der Waals surface area contributed by atoms with Gasteiger partial charge in [0, 0.05) is 5.56 Å². The number of para-hydroxylation sites is 1. The van der Waals surface area contributed by atoms with Gasteiger partial charge < -0.3 is 19.2 Å². The summed E-state index contributed by atoms with van der Waals surface area (Å²) in [5.41, 5.74) is 1.61. The molecule has 0 saturated heterocycles. The van der Waals surface area contributed by atoms with Gasteiger partial charge in [-0.05, 0) is 24.3 Å². The molecule has 0 unspecified atom stereocenters. The van der Waals surface area contributed by atoms with Gasteiger partial charge in [0.1, 0.15) is 11.2 Å². The molecule has 0 aliphatic carbocycles. The van der Waals surface area contributed by atoms with Crippen LogP contribution in [-0.4, -0.2) is 41.1 Å². The Hall–Kier alpha value is -3.81. The lowest BCUT2D eigenvalue weighted by Crippen LogP contribution is -2.10. The number of hydrogen-bond acceptors (Lipinski definition) is 6. The van der Waals surface area contributed by atoms with E-state index in [9.17, 15) is 4.79 Å². The molecule has 0 atom stereocenters. The molecule has 0 radical (unpaired) electrons. The quantitative estimate of drug-likeness (QED) is 0.574. The molecule has 4 rings (SSSR count). The molecule has 0 fully saturated rings. The van der Waals surface area contributed by atoms with Crippen molar-refractivity contribution in [3.8, 4) is 34.3 Å². The normalized spacial score (nSPS) is 10.8. The van der Waals surface area contributed by atoms with Crippen LogP contribution in [0.2, 0.25) is 0 Å². The number of nitrogens with zero attached hydrogens (tertiary/aromatic N) is 3. The maximum Gasteiger partial charge on any atom is 0.262 e. The molecule has 0 aliphatic rings. The summed E-state index contributed by atoms with van der Waals surface area (Å²) in [6.45, 7) is 0. The lowest BCUT2D eigenvalue weighted by atomic mass is 10.1. The lowest BCUT2D eigenvalue weighted by Gasteiger charge is -2.14. The molecule has 1 N–H and O–H groups in total. The van der Waals surface area contributed by atoms with Crippen LogP contribution in [0.25, 0.3) is 28.1 Å². The average molecular weight is 378 g/mol. The molecular formula is C20H18N4O4. The summed E-state index contributed by atoms with van der Waals surface area (Å²) >= 11 is 0. The van der Waals surface area contributed by atoms with Crippen molar-refractivity contribution in [3.05, 3.63) is 59.0 Å². The number of methoxy groups -OCH3 is 3. The van der Waals surface area contributed by atoms with Gasteiger partial charge in [0.15, 0.2) is 17.1 Å². The largest absolute Gasteiger partial charge is 0.493 e. The molecule has 142 valence electrons. The molecule has 0 aliphatic heterocycles. The first kappa shape index (κ1) is 17.6. The van der Waals surface area contributed by atoms with Crippen molar-refractivity contribution in [1.82, 2.24) is 19.7 Å². The fraction of sp³-hybridized carbons (Fsp3) is 0.150. The Morgan fingerprint density at radius 3 is 2.25 bits per heavy atom. The van der Waals surface area contributed by atoms with Crippen LogP contribution in [0.5, 0.6) is 17.2 Å². The summed E-state index contributed by atoms with van der Waals surface area (Å²) in [6, 6.07) is 13.0. The van der Waals surface area contributed by atoms with Gasteiger partial charge in [-0.2, -0.15) is 5.10 Å². The number of rotatable bonds is 5. The zero-order valence-electron chi connectivity index (χ0n) is 15.6. The van der Waals surface area contributed by atoms with Crippen LogP contribution >= 0.6 is 0 Å². The minimum absolute atomic E-state index is 0.282. The third-order valence-electron chi connectivity index (χ3n) is 4.38. The number of nitrogens with one attached hydrogen (secondary N) is 1. The number of ether oxygens (including phenoxy) is 3. The first-order chi connectivity index (χ1) is 13.7. The number of aromatic nitrogens is 4. The van der Waals surface area contributed by atoms with Crippen molar-refractivity contribution in [3.63, 3.8) is 0 Å². The van der Waals surface area contributed by atoms with Crippen LogP contribution < -0.4 is 19.8 Å². The zero-order valence-corrected chi connectivity index (χ0v) is 15.6. The average Bonchev–Trinajstić information content (AvgIpc) is 3.17. The highest BCUT2D eigenvalue weighted by Crippen LogP contribution is 2.40. The Bertz CT molecular complexity index is 1170. The molecule has 2 aromatic heterocycles. The predicted octanol–water partition coefficient (Wildman–Crippen LogP) is 2.80. The molecule has 4 aromatic rings. The van der Waals surface area contributed by atoms with Gasteiger partial charge in [-0.25, -0.2) is 9.67 Å². The summed E-state index contributed by atoms with van der Waals surface area (Å²) in [4.78, 5) is 20.1. The number of hydrogen-bond donors (Lipinski definition) is 1. The first-order valence-corrected chi connectivity index (χ1v) is 8.50. The summed E-state index contributed by atoms with van der Waals surface area (Å²) in [6.07, 6.45) is 1.51. The lowest BCUT2D eigenvalue weighted by molar-refractivity contribution is 0.324. The second kappa shape index (κ2) is 7.07. The van der Waals surface area contributed by atoms with Gasteiger partial charge in [0.25, 0.3) is 5.56 Å². The van der Waals surface area contributed by atoms with Crippen LogP contribution in [0.4, 0.5) is 0 Å². The van der Waals surface area contributed by atoms with Gasteiger partial charge in [-0.1, -0.05) is 18.2 Å². The standard InChI is InChI=1S/C20H18N4O4/c1-26-15-9-12(10-16(27-2)17(15)28-3)18-22-19-14(20(25)23-18)11-21-24(19)13-7-5-4-6-8-13/h4-11H,1-3H3,(H,22,23,25). The van der Waals surface area contributed by atoms with Gasteiger partial charge in [0.2, 0.25) is 5.75 Å². The zero-order chi connectivity index (χ0) is 19.7. The molecule has 2 aromatic carbocycles. The molecule has 0 amide bonds. The van der Waals surface area contributed by atoms with E-state index in [0.717, 1.165) is 5.69 Å². The molecule has 0 saturated carbocycles. The van der Waals surface area contributed by atoms with Crippen LogP contribution in [0, 0.1) is 0 Å². The van der Waals surface area contributed by atoms with E-state index in [0.29, 0.717) is 39.7 Å². The van der Waals surface area contributed by atoms with Crippen molar-refractivity contribution >= 4 is 11.0 Å². The Kier molecular flexibility index (Phi) is 4.44. The minimum Gasteiger partial charge on any atom is -0.493 e. The predicted molar refractivity (Wildman–Crippen MR) is 105 cm³/mol. The van der Waals surface area contributed by atoms with Crippen molar-refractivity contribution < 1.29 is 14.2 Å². The number of aromatic amines is 1. The maximum absolute atomic E-state index is 12.6. The Balaban J connectivity index is 1.94. The monoisotopic (exact) mass is 378 g/mol. The van der Waals surface area contributed by atoms with Crippen LogP contribution in [-0.2, 0) is 0 Å². The summed E-state index contributed by atoms with van der Waals surface area (Å²) in [5.74, 6) is 1.77. The molecule has 0 spiro atoms. The van der Waals surface area contributed by atoms with E-state index in [-0.39, 0.29) is 5.56 Å². The molecule has 28 heavy (non-hydrogen) atoms. The second-order valence-electron chi connectivity index (χ2n) is 5.96. The topological polar surface area (TPSA) is 91.3 Å². The van der Waals surface area contributed by atoms with Crippen molar-refractivity contribution in [2.75, 3.05) is 21.3 Å². The van der Waals surface area contributed by atoms with Crippen LogP contribution in [0.3, 0.4) is 0 Å². The highest BCUT2D eigenvalue weighted by Gasteiger charge is 2.17. The third kappa shape index (κ3) is 2.84. The number of H-pyrrole nitrogens is 1. The van der Waals surface area contributed by atoms with Crippen LogP contribution in [0.15, 0.2) is 53.5 Å². The Morgan fingerprint density at radius 2 is 1.64 bits per heavy atom. The minimum atomic E-state index is -0.282. The molecule has 0 bridgehead atoms. The molecular weight excluding hydrogens is 360 g/mol. The number of benzene rings is 2. The molecule has 8 heteroatoms. The van der Waals surface area contributed by atoms with Crippen molar-refractivity contribution in [2.24, 2.45) is 0 Å². The van der Waals surface area contributed by atoms with E-state index in [4.69, 9.17) is 14.2 Å². The van der Waals surface area contributed by atoms with Gasteiger partial charge in [-0.3, -0.25) is 4.79 Å². The molecule has 8 nitrogen and oxygen atoms in total. The summed E-state index contributed by atoms with van der Waals surface area (Å²) in [5, 5.41) is 4.72. The highest BCUT2D eigenvalue weighted by atomic mass is 16.5. The van der Waals surface area contributed by atoms with Gasteiger partial charge in [0.05, 0.1) is 33.2 Å². The van der Waals surface area contributed by atoms with E-state index in [1.54, 1.807) is 16.8 Å². The van der Waals surface area contributed by atoms with E-state index in [1.165, 1.54) is 27.5 Å². The number of fused-ring (bicyclic) bond motifs is 1. The summed E-state index contributed by atoms with van der Waals surface area (Å²) < 4.78 is 17.8. The SMILES string of the molecule is COc1cc(-c2nc3c(cnn3-c3ccccc3)c(=O)[nH]2)cc(OC)c1OC. The fourth-order valence-corrected chi connectivity index (χ4v) is 3.03. The summed E-state index contributed by atoms with van der Waals surface area (Å²) in [7, 11) is 4.60. The van der Waals surface area contributed by atoms with Crippen LogP contribution in [0.1, 0.15) is 0 Å².